The normalized spacial score (nSPS) is 18.1. The molecule has 2 atom stereocenters. The number of halogens is 1. The Hall–Kier alpha value is -2.35. The summed E-state index contributed by atoms with van der Waals surface area (Å²) in [7, 11) is 3.91. The second kappa shape index (κ2) is 9.91. The molecule has 0 bridgehead atoms. The molecule has 4 rings (SSSR count). The molecule has 1 heterocycles. The molecule has 0 amide bonds. The zero-order valence-corrected chi connectivity index (χ0v) is 19.2. The van der Waals surface area contributed by atoms with Crippen LogP contribution in [-0.4, -0.2) is 41.3 Å². The van der Waals surface area contributed by atoms with Crippen LogP contribution in [0.2, 0.25) is 0 Å². The summed E-state index contributed by atoms with van der Waals surface area (Å²) in [6, 6.07) is 21.0. The lowest BCUT2D eigenvalue weighted by molar-refractivity contribution is 0.474. The second-order valence-corrected chi connectivity index (χ2v) is 7.43. The molecular weight excluding hydrogens is 473 g/mol. The third-order valence-corrected chi connectivity index (χ3v) is 5.32. The van der Waals surface area contributed by atoms with Gasteiger partial charge in [0.25, 0.3) is 0 Å². The van der Waals surface area contributed by atoms with Crippen molar-refractivity contribution in [1.29, 1.82) is 0 Å². The Kier molecular flexibility index (Phi) is 7.30. The fourth-order valence-corrected chi connectivity index (χ4v) is 3.70. The van der Waals surface area contributed by atoms with Crippen molar-refractivity contribution in [3.05, 3.63) is 84.2 Å². The van der Waals surface area contributed by atoms with Crippen LogP contribution in [0.1, 0.15) is 23.5 Å². The minimum absolute atomic E-state index is 0. The predicted molar refractivity (Wildman–Crippen MR) is 129 cm³/mol. The third-order valence-electron chi connectivity index (χ3n) is 5.32. The number of hydrogen-bond donors (Lipinski definition) is 1. The average molecular weight is 501 g/mol. The molecule has 152 valence electrons. The summed E-state index contributed by atoms with van der Waals surface area (Å²) in [5.41, 5.74) is 3.67. The third kappa shape index (κ3) is 5.38. The van der Waals surface area contributed by atoms with Crippen molar-refractivity contribution >= 4 is 29.9 Å². The Labute approximate surface area is 189 Å². The van der Waals surface area contributed by atoms with Gasteiger partial charge in [-0.1, -0.05) is 48.5 Å². The van der Waals surface area contributed by atoms with Gasteiger partial charge in [-0.2, -0.15) is 5.10 Å². The van der Waals surface area contributed by atoms with Gasteiger partial charge < -0.3 is 10.2 Å². The SMILES string of the molecule is CN=C(NCC1CC1c1ccccc1)N(C)Cc1cnn(-c2ccccc2)c1.I. The minimum atomic E-state index is 0. The largest absolute Gasteiger partial charge is 0.356 e. The molecule has 0 saturated heterocycles. The number of para-hydroxylation sites is 1. The van der Waals surface area contributed by atoms with Gasteiger partial charge in [0.05, 0.1) is 11.9 Å². The van der Waals surface area contributed by atoms with E-state index in [0.717, 1.165) is 30.3 Å². The predicted octanol–water partition coefficient (Wildman–Crippen LogP) is 4.30. The maximum Gasteiger partial charge on any atom is 0.193 e. The molecule has 0 spiro atoms. The Morgan fingerprint density at radius 2 is 1.83 bits per heavy atom. The Morgan fingerprint density at radius 1 is 1.14 bits per heavy atom. The summed E-state index contributed by atoms with van der Waals surface area (Å²) in [5, 5.41) is 8.02. The summed E-state index contributed by atoms with van der Waals surface area (Å²) >= 11 is 0. The van der Waals surface area contributed by atoms with Crippen LogP contribution in [0.15, 0.2) is 78.0 Å². The van der Waals surface area contributed by atoms with Gasteiger partial charge >= 0.3 is 0 Å². The molecule has 5 nitrogen and oxygen atoms in total. The maximum absolute atomic E-state index is 4.48. The van der Waals surface area contributed by atoms with Gasteiger partial charge in [-0.15, -0.1) is 24.0 Å². The molecule has 2 aromatic carbocycles. The van der Waals surface area contributed by atoms with Crippen LogP contribution in [0.5, 0.6) is 0 Å². The van der Waals surface area contributed by atoms with E-state index < -0.39 is 0 Å². The van der Waals surface area contributed by atoms with E-state index in [1.54, 1.807) is 0 Å². The smallest absolute Gasteiger partial charge is 0.193 e. The summed E-state index contributed by atoms with van der Waals surface area (Å²) in [6.07, 6.45) is 5.25. The van der Waals surface area contributed by atoms with Gasteiger partial charge in [-0.25, -0.2) is 4.68 Å². The van der Waals surface area contributed by atoms with Gasteiger partial charge in [-0.05, 0) is 36.0 Å². The number of aliphatic imine (C=N–C) groups is 1. The van der Waals surface area contributed by atoms with E-state index in [4.69, 9.17) is 0 Å². The first-order valence-electron chi connectivity index (χ1n) is 9.80. The Balaban J connectivity index is 0.00000240. The van der Waals surface area contributed by atoms with Crippen LogP contribution in [-0.2, 0) is 6.54 Å². The van der Waals surface area contributed by atoms with Crippen molar-refractivity contribution in [2.24, 2.45) is 10.9 Å². The molecule has 1 fully saturated rings. The van der Waals surface area contributed by atoms with E-state index in [9.17, 15) is 0 Å². The summed E-state index contributed by atoms with van der Waals surface area (Å²) in [5.74, 6) is 2.29. The molecule has 1 saturated carbocycles. The number of rotatable bonds is 6. The highest BCUT2D eigenvalue weighted by molar-refractivity contribution is 14.0. The molecule has 1 aliphatic rings. The van der Waals surface area contributed by atoms with Crippen LogP contribution in [0.3, 0.4) is 0 Å². The van der Waals surface area contributed by atoms with Gasteiger partial charge in [0, 0.05) is 38.9 Å². The maximum atomic E-state index is 4.48. The highest BCUT2D eigenvalue weighted by Gasteiger charge is 2.37. The molecule has 2 unspecified atom stereocenters. The lowest BCUT2D eigenvalue weighted by Crippen LogP contribution is -2.39. The van der Waals surface area contributed by atoms with Crippen molar-refractivity contribution in [2.45, 2.75) is 18.9 Å². The Bertz CT molecular complexity index is 923. The highest BCUT2D eigenvalue weighted by Crippen LogP contribution is 2.46. The van der Waals surface area contributed by atoms with Crippen LogP contribution < -0.4 is 5.32 Å². The fourth-order valence-electron chi connectivity index (χ4n) is 3.70. The summed E-state index contributed by atoms with van der Waals surface area (Å²) in [6.45, 7) is 1.72. The number of nitrogens with zero attached hydrogens (tertiary/aromatic N) is 4. The average Bonchev–Trinajstić information content (AvgIpc) is 3.37. The quantitative estimate of drug-likeness (QED) is 0.311. The standard InChI is InChI=1S/C23H27N5.HI/c1-24-23(25-15-20-13-22(20)19-9-5-3-6-10-19)27(2)16-18-14-26-28(17-18)21-11-7-4-8-12-21;/h3-12,14,17,20,22H,13,15-16H2,1-2H3,(H,24,25);1H. The summed E-state index contributed by atoms with van der Waals surface area (Å²) < 4.78 is 1.91. The van der Waals surface area contributed by atoms with Crippen LogP contribution >= 0.6 is 24.0 Å². The second-order valence-electron chi connectivity index (χ2n) is 7.43. The van der Waals surface area contributed by atoms with E-state index >= 15 is 0 Å². The van der Waals surface area contributed by atoms with Crippen molar-refractivity contribution < 1.29 is 0 Å². The van der Waals surface area contributed by atoms with Crippen molar-refractivity contribution in [1.82, 2.24) is 20.0 Å². The van der Waals surface area contributed by atoms with E-state index in [1.807, 2.05) is 36.1 Å². The molecular formula is C23H28IN5. The van der Waals surface area contributed by atoms with E-state index in [2.05, 4.69) is 76.0 Å². The van der Waals surface area contributed by atoms with Crippen molar-refractivity contribution in [3.63, 3.8) is 0 Å². The van der Waals surface area contributed by atoms with Crippen LogP contribution in [0.25, 0.3) is 5.69 Å². The molecule has 29 heavy (non-hydrogen) atoms. The first-order valence-corrected chi connectivity index (χ1v) is 9.80. The number of guanidine groups is 1. The molecule has 0 radical (unpaired) electrons. The molecule has 0 aliphatic heterocycles. The molecule has 3 aromatic rings. The van der Waals surface area contributed by atoms with Crippen molar-refractivity contribution in [2.75, 3.05) is 20.6 Å². The highest BCUT2D eigenvalue weighted by atomic mass is 127. The van der Waals surface area contributed by atoms with Gasteiger partial charge in [0.2, 0.25) is 0 Å². The zero-order chi connectivity index (χ0) is 19.3. The molecule has 1 aliphatic carbocycles. The van der Waals surface area contributed by atoms with Crippen LogP contribution in [0.4, 0.5) is 0 Å². The van der Waals surface area contributed by atoms with Gasteiger partial charge in [0.15, 0.2) is 5.96 Å². The lowest BCUT2D eigenvalue weighted by Gasteiger charge is -2.21. The molecule has 1 N–H and O–H groups in total. The molecule has 6 heteroatoms. The van der Waals surface area contributed by atoms with E-state index in [1.165, 1.54) is 12.0 Å². The fraction of sp³-hybridized carbons (Fsp3) is 0.304. The minimum Gasteiger partial charge on any atom is -0.356 e. The lowest BCUT2D eigenvalue weighted by atomic mass is 10.1. The monoisotopic (exact) mass is 501 g/mol. The number of benzene rings is 2. The topological polar surface area (TPSA) is 45.5 Å². The first-order chi connectivity index (χ1) is 13.7. The van der Waals surface area contributed by atoms with Crippen LogP contribution in [0, 0.1) is 5.92 Å². The number of aromatic nitrogens is 2. The Morgan fingerprint density at radius 3 is 2.52 bits per heavy atom. The van der Waals surface area contributed by atoms with E-state index in [0.29, 0.717) is 11.8 Å². The number of hydrogen-bond acceptors (Lipinski definition) is 2. The van der Waals surface area contributed by atoms with Gasteiger partial charge in [0.1, 0.15) is 0 Å². The van der Waals surface area contributed by atoms with Gasteiger partial charge in [-0.3, -0.25) is 4.99 Å². The summed E-state index contributed by atoms with van der Waals surface area (Å²) in [4.78, 5) is 6.60. The molecule has 1 aromatic heterocycles. The number of nitrogens with one attached hydrogen (secondary N) is 1. The van der Waals surface area contributed by atoms with E-state index in [-0.39, 0.29) is 24.0 Å². The zero-order valence-electron chi connectivity index (χ0n) is 16.9. The van der Waals surface area contributed by atoms with Crippen molar-refractivity contribution in [3.8, 4) is 5.69 Å². The first kappa shape index (κ1) is 21.4.